The maximum atomic E-state index is 10.2. The van der Waals surface area contributed by atoms with Gasteiger partial charge in [-0.25, -0.2) is 0 Å². The molecule has 2 heteroatoms. The topological polar surface area (TPSA) is 20.3 Å². The van der Waals surface area contributed by atoms with Crippen molar-refractivity contribution in [2.75, 3.05) is 13.6 Å². The molecule has 0 aromatic heterocycles. The van der Waals surface area contributed by atoms with Gasteiger partial charge in [0.25, 0.3) is 0 Å². The lowest BCUT2D eigenvalue weighted by molar-refractivity contribution is -0.116. The second-order valence-electron chi connectivity index (χ2n) is 2.99. The third kappa shape index (κ3) is 7.32. The number of hydrogen-bond acceptors (Lipinski definition) is 1. The van der Waals surface area contributed by atoms with Gasteiger partial charge in [0.15, 0.2) is 0 Å². The van der Waals surface area contributed by atoms with Crippen LogP contribution < -0.4 is 0 Å². The van der Waals surface area contributed by atoms with Crippen LogP contribution in [0.25, 0.3) is 0 Å². The number of rotatable bonds is 7. The molecule has 0 rings (SSSR count). The van der Waals surface area contributed by atoms with Gasteiger partial charge in [-0.2, -0.15) is 0 Å². The summed E-state index contributed by atoms with van der Waals surface area (Å²) in [6.07, 6.45) is 9.86. The van der Waals surface area contributed by atoms with Crippen molar-refractivity contribution in [1.82, 2.24) is 4.90 Å². The van der Waals surface area contributed by atoms with Crippen molar-refractivity contribution in [2.24, 2.45) is 0 Å². The number of allylic oxidation sites excluding steroid dienone is 1. The largest absolute Gasteiger partial charge is 0.348 e. The molecule has 1 amide bonds. The average molecular weight is 169 g/mol. The van der Waals surface area contributed by atoms with Gasteiger partial charge < -0.3 is 4.90 Å². The summed E-state index contributed by atoms with van der Waals surface area (Å²) < 4.78 is 0. The van der Waals surface area contributed by atoms with E-state index in [4.69, 9.17) is 0 Å². The molecule has 0 N–H and O–H groups in total. The van der Waals surface area contributed by atoms with Gasteiger partial charge in [0, 0.05) is 13.6 Å². The molecule has 0 bridgehead atoms. The third-order valence-electron chi connectivity index (χ3n) is 1.72. The zero-order valence-corrected chi connectivity index (χ0v) is 8.12. The lowest BCUT2D eigenvalue weighted by atomic mass is 10.2. The van der Waals surface area contributed by atoms with Crippen LogP contribution in [0.1, 0.15) is 32.6 Å². The van der Waals surface area contributed by atoms with Crippen LogP contribution in [0.5, 0.6) is 0 Å². The second kappa shape index (κ2) is 8.31. The maximum Gasteiger partial charge on any atom is 0.209 e. The first-order valence-corrected chi connectivity index (χ1v) is 4.61. The molecular formula is C10H19NO. The van der Waals surface area contributed by atoms with Crippen molar-refractivity contribution < 1.29 is 4.79 Å². The summed E-state index contributed by atoms with van der Waals surface area (Å²) in [7, 11) is 1.80. The highest BCUT2D eigenvalue weighted by molar-refractivity contribution is 5.46. The zero-order valence-electron chi connectivity index (χ0n) is 8.12. The van der Waals surface area contributed by atoms with Crippen LogP contribution in [0.3, 0.4) is 0 Å². The summed E-state index contributed by atoms with van der Waals surface area (Å²) in [6, 6.07) is 0. The fourth-order valence-corrected chi connectivity index (χ4v) is 0.889. The maximum absolute atomic E-state index is 10.2. The monoisotopic (exact) mass is 169 g/mol. The van der Waals surface area contributed by atoms with Crippen LogP contribution in [0, 0.1) is 0 Å². The minimum Gasteiger partial charge on any atom is -0.348 e. The summed E-state index contributed by atoms with van der Waals surface area (Å²) in [4.78, 5) is 11.8. The Balaban J connectivity index is 3.18. The molecule has 0 atom stereocenters. The SMILES string of the molecule is CCCCC=CCCN(C)C=O. The zero-order chi connectivity index (χ0) is 9.23. The van der Waals surface area contributed by atoms with Gasteiger partial charge in [-0.3, -0.25) is 4.79 Å². The van der Waals surface area contributed by atoms with Crippen LogP contribution in [-0.2, 0) is 4.79 Å². The van der Waals surface area contributed by atoms with E-state index >= 15 is 0 Å². The lowest BCUT2D eigenvalue weighted by Crippen LogP contribution is -2.16. The molecule has 0 aliphatic heterocycles. The van der Waals surface area contributed by atoms with E-state index in [1.165, 1.54) is 19.3 Å². The van der Waals surface area contributed by atoms with E-state index in [2.05, 4.69) is 19.1 Å². The number of nitrogens with zero attached hydrogens (tertiary/aromatic N) is 1. The van der Waals surface area contributed by atoms with Crippen molar-refractivity contribution in [1.29, 1.82) is 0 Å². The molecule has 0 aromatic carbocycles. The number of unbranched alkanes of at least 4 members (excludes halogenated alkanes) is 2. The highest BCUT2D eigenvalue weighted by atomic mass is 16.1. The van der Waals surface area contributed by atoms with Gasteiger partial charge in [0.05, 0.1) is 0 Å². The standard InChI is InChI=1S/C10H19NO/c1-3-4-5-6-7-8-9-11(2)10-12/h6-7,10H,3-5,8-9H2,1-2H3. The summed E-state index contributed by atoms with van der Waals surface area (Å²) in [5.41, 5.74) is 0. The van der Waals surface area contributed by atoms with Crippen LogP contribution in [-0.4, -0.2) is 24.9 Å². The lowest BCUT2D eigenvalue weighted by Gasteiger charge is -2.06. The van der Waals surface area contributed by atoms with Crippen molar-refractivity contribution >= 4 is 6.41 Å². The Labute approximate surface area is 75.3 Å². The molecule has 0 saturated carbocycles. The first-order valence-electron chi connectivity index (χ1n) is 4.61. The van der Waals surface area contributed by atoms with E-state index in [-0.39, 0.29) is 0 Å². The molecule has 70 valence electrons. The first-order chi connectivity index (χ1) is 5.81. The van der Waals surface area contributed by atoms with E-state index in [9.17, 15) is 4.79 Å². The number of carbonyl (C=O) groups excluding carboxylic acids is 1. The van der Waals surface area contributed by atoms with Gasteiger partial charge >= 0.3 is 0 Å². The van der Waals surface area contributed by atoms with Gasteiger partial charge in [-0.1, -0.05) is 31.9 Å². The predicted octanol–water partition coefficient (Wildman–Crippen LogP) is 2.21. The summed E-state index contributed by atoms with van der Waals surface area (Å²) in [5, 5.41) is 0. The Morgan fingerprint density at radius 2 is 1.92 bits per heavy atom. The van der Waals surface area contributed by atoms with Gasteiger partial charge in [0.2, 0.25) is 6.41 Å². The summed E-state index contributed by atoms with van der Waals surface area (Å²) in [5.74, 6) is 0. The minimum absolute atomic E-state index is 0.826. The van der Waals surface area contributed by atoms with Crippen LogP contribution in [0.4, 0.5) is 0 Å². The quantitative estimate of drug-likeness (QED) is 0.325. The second-order valence-corrected chi connectivity index (χ2v) is 2.99. The minimum atomic E-state index is 0.826. The Morgan fingerprint density at radius 1 is 1.25 bits per heavy atom. The molecule has 0 aliphatic rings. The highest BCUT2D eigenvalue weighted by Crippen LogP contribution is 1.96. The van der Waals surface area contributed by atoms with Crippen molar-refractivity contribution in [2.45, 2.75) is 32.6 Å². The fraction of sp³-hybridized carbons (Fsp3) is 0.700. The summed E-state index contributed by atoms with van der Waals surface area (Å²) >= 11 is 0. The molecule has 12 heavy (non-hydrogen) atoms. The molecule has 0 heterocycles. The van der Waals surface area contributed by atoms with Crippen molar-refractivity contribution in [3.8, 4) is 0 Å². The predicted molar refractivity (Wildman–Crippen MR) is 52.0 cm³/mol. The fourth-order valence-electron chi connectivity index (χ4n) is 0.889. The molecule has 0 unspecified atom stereocenters. The molecule has 0 aliphatic carbocycles. The molecule has 0 radical (unpaired) electrons. The average Bonchev–Trinajstić information content (AvgIpc) is 2.10. The molecule has 0 spiro atoms. The van der Waals surface area contributed by atoms with E-state index in [1.54, 1.807) is 11.9 Å². The number of carbonyl (C=O) groups is 1. The first kappa shape index (κ1) is 11.2. The summed E-state index contributed by atoms with van der Waals surface area (Å²) in [6.45, 7) is 3.01. The number of amides is 1. The number of hydrogen-bond donors (Lipinski definition) is 0. The van der Waals surface area contributed by atoms with Crippen molar-refractivity contribution in [3.05, 3.63) is 12.2 Å². The molecule has 0 saturated heterocycles. The van der Waals surface area contributed by atoms with E-state index < -0.39 is 0 Å². The Hall–Kier alpha value is -0.790. The highest BCUT2D eigenvalue weighted by Gasteiger charge is 1.88. The molecule has 2 nitrogen and oxygen atoms in total. The van der Waals surface area contributed by atoms with Crippen molar-refractivity contribution in [3.63, 3.8) is 0 Å². The Bertz CT molecular complexity index is 132. The Kier molecular flexibility index (Phi) is 7.76. The Morgan fingerprint density at radius 3 is 2.50 bits per heavy atom. The normalized spacial score (nSPS) is 10.5. The smallest absolute Gasteiger partial charge is 0.209 e. The van der Waals surface area contributed by atoms with Gasteiger partial charge in [-0.15, -0.1) is 0 Å². The van der Waals surface area contributed by atoms with E-state index in [0.29, 0.717) is 0 Å². The third-order valence-corrected chi connectivity index (χ3v) is 1.72. The van der Waals surface area contributed by atoms with Crippen LogP contribution in [0.15, 0.2) is 12.2 Å². The van der Waals surface area contributed by atoms with E-state index in [0.717, 1.165) is 19.4 Å². The molecule has 0 aromatic rings. The molecule has 0 fully saturated rings. The van der Waals surface area contributed by atoms with Gasteiger partial charge in [0.1, 0.15) is 0 Å². The van der Waals surface area contributed by atoms with Gasteiger partial charge in [-0.05, 0) is 12.8 Å². The van der Waals surface area contributed by atoms with E-state index in [1.807, 2.05) is 0 Å². The molecular weight excluding hydrogens is 150 g/mol. The van der Waals surface area contributed by atoms with Crippen LogP contribution >= 0.6 is 0 Å². The van der Waals surface area contributed by atoms with Crippen LogP contribution in [0.2, 0.25) is 0 Å².